The molecule has 1 fully saturated rings. The second kappa shape index (κ2) is 5.19. The SMILES string of the molecule is CNc1nc(N2CCN(C)CC2)c(C#N)cc1F. The Kier molecular flexibility index (Phi) is 3.63. The number of pyridine rings is 1. The third-order valence-electron chi connectivity index (χ3n) is 3.12. The van der Waals surface area contributed by atoms with E-state index in [4.69, 9.17) is 5.26 Å². The van der Waals surface area contributed by atoms with E-state index in [1.807, 2.05) is 11.0 Å². The molecule has 0 aliphatic carbocycles. The van der Waals surface area contributed by atoms with Gasteiger partial charge in [0.1, 0.15) is 11.9 Å². The van der Waals surface area contributed by atoms with E-state index in [9.17, 15) is 4.39 Å². The van der Waals surface area contributed by atoms with Crippen LogP contribution in [0, 0.1) is 17.1 Å². The van der Waals surface area contributed by atoms with Crippen LogP contribution in [0.15, 0.2) is 6.07 Å². The van der Waals surface area contributed by atoms with Crippen LogP contribution in [0.1, 0.15) is 5.56 Å². The zero-order chi connectivity index (χ0) is 13.1. The standard InChI is InChI=1S/C12H16FN5/c1-15-11-10(13)7-9(8-14)12(16-11)18-5-3-17(2)4-6-18/h7H,3-6H2,1-2H3,(H,15,16). The smallest absolute Gasteiger partial charge is 0.166 e. The Hall–Kier alpha value is -1.87. The maximum atomic E-state index is 13.5. The summed E-state index contributed by atoms with van der Waals surface area (Å²) in [6.45, 7) is 3.43. The van der Waals surface area contributed by atoms with Crippen LogP contribution in [-0.2, 0) is 0 Å². The fourth-order valence-electron chi connectivity index (χ4n) is 2.00. The number of nitriles is 1. The molecule has 1 aromatic heterocycles. The fourth-order valence-corrected chi connectivity index (χ4v) is 2.00. The zero-order valence-corrected chi connectivity index (χ0v) is 10.6. The minimum atomic E-state index is -0.494. The molecule has 1 N–H and O–H groups in total. The lowest BCUT2D eigenvalue weighted by Crippen LogP contribution is -2.45. The van der Waals surface area contributed by atoms with Crippen LogP contribution in [0.5, 0.6) is 0 Å². The highest BCUT2D eigenvalue weighted by Gasteiger charge is 2.20. The number of rotatable bonds is 2. The third-order valence-corrected chi connectivity index (χ3v) is 3.12. The Morgan fingerprint density at radius 2 is 2.06 bits per heavy atom. The van der Waals surface area contributed by atoms with Crippen molar-refractivity contribution in [3.8, 4) is 6.07 Å². The molecule has 0 bridgehead atoms. The highest BCUT2D eigenvalue weighted by atomic mass is 19.1. The lowest BCUT2D eigenvalue weighted by molar-refractivity contribution is 0.312. The van der Waals surface area contributed by atoms with Gasteiger partial charge in [0.25, 0.3) is 0 Å². The fraction of sp³-hybridized carbons (Fsp3) is 0.500. The molecular formula is C12H16FN5. The van der Waals surface area contributed by atoms with Crippen LogP contribution in [0.25, 0.3) is 0 Å². The molecule has 0 aromatic carbocycles. The second-order valence-electron chi connectivity index (χ2n) is 4.34. The first-order chi connectivity index (χ1) is 8.65. The van der Waals surface area contributed by atoms with Gasteiger partial charge in [-0.2, -0.15) is 5.26 Å². The van der Waals surface area contributed by atoms with Crippen LogP contribution in [0.3, 0.4) is 0 Å². The minimum absolute atomic E-state index is 0.183. The van der Waals surface area contributed by atoms with Gasteiger partial charge in [-0.15, -0.1) is 0 Å². The Bertz CT molecular complexity index is 474. The van der Waals surface area contributed by atoms with Gasteiger partial charge in [0.2, 0.25) is 0 Å². The van der Waals surface area contributed by atoms with E-state index in [-0.39, 0.29) is 11.4 Å². The number of halogens is 1. The molecule has 0 saturated carbocycles. The summed E-state index contributed by atoms with van der Waals surface area (Å²) in [5, 5.41) is 11.8. The van der Waals surface area contributed by atoms with Crippen LogP contribution < -0.4 is 10.2 Å². The summed E-state index contributed by atoms with van der Waals surface area (Å²) in [7, 11) is 3.67. The lowest BCUT2D eigenvalue weighted by atomic mass is 10.2. The van der Waals surface area contributed by atoms with Crippen molar-refractivity contribution < 1.29 is 4.39 Å². The number of nitrogens with zero attached hydrogens (tertiary/aromatic N) is 4. The van der Waals surface area contributed by atoms with Gasteiger partial charge in [-0.05, 0) is 13.1 Å². The van der Waals surface area contributed by atoms with Crippen LogP contribution >= 0.6 is 0 Å². The molecule has 1 aromatic rings. The first-order valence-corrected chi connectivity index (χ1v) is 5.87. The Balaban J connectivity index is 2.34. The van der Waals surface area contributed by atoms with Crippen molar-refractivity contribution in [3.63, 3.8) is 0 Å². The minimum Gasteiger partial charge on any atom is -0.371 e. The zero-order valence-electron chi connectivity index (χ0n) is 10.6. The Morgan fingerprint density at radius 1 is 1.39 bits per heavy atom. The second-order valence-corrected chi connectivity index (χ2v) is 4.34. The third kappa shape index (κ3) is 2.36. The number of aromatic nitrogens is 1. The molecule has 0 atom stereocenters. The number of anilines is 2. The van der Waals surface area contributed by atoms with Crippen LogP contribution in [0.2, 0.25) is 0 Å². The van der Waals surface area contributed by atoms with Gasteiger partial charge >= 0.3 is 0 Å². The topological polar surface area (TPSA) is 55.2 Å². The van der Waals surface area contributed by atoms with E-state index in [2.05, 4.69) is 22.2 Å². The predicted molar refractivity (Wildman–Crippen MR) is 68.2 cm³/mol. The summed E-state index contributed by atoms with van der Waals surface area (Å²) < 4.78 is 13.5. The van der Waals surface area contributed by atoms with E-state index >= 15 is 0 Å². The van der Waals surface area contributed by atoms with Gasteiger partial charge in [0.05, 0.1) is 5.56 Å². The Morgan fingerprint density at radius 3 is 2.61 bits per heavy atom. The number of likely N-dealkylation sites (N-methyl/N-ethyl adjacent to an activating group) is 1. The molecule has 5 nitrogen and oxygen atoms in total. The quantitative estimate of drug-likeness (QED) is 0.843. The Labute approximate surface area is 106 Å². The molecule has 0 amide bonds. The molecule has 0 unspecified atom stereocenters. The molecule has 18 heavy (non-hydrogen) atoms. The van der Waals surface area contributed by atoms with Gasteiger partial charge in [-0.25, -0.2) is 9.37 Å². The van der Waals surface area contributed by atoms with Gasteiger partial charge in [-0.3, -0.25) is 0 Å². The van der Waals surface area contributed by atoms with Crippen molar-refractivity contribution >= 4 is 11.6 Å². The van der Waals surface area contributed by atoms with E-state index in [0.717, 1.165) is 26.2 Å². The summed E-state index contributed by atoms with van der Waals surface area (Å²) in [4.78, 5) is 8.45. The highest BCUT2D eigenvalue weighted by molar-refractivity contribution is 5.59. The van der Waals surface area contributed by atoms with E-state index in [0.29, 0.717) is 5.82 Å². The monoisotopic (exact) mass is 249 g/mol. The first-order valence-electron chi connectivity index (χ1n) is 5.87. The van der Waals surface area contributed by atoms with Gasteiger partial charge in [-0.1, -0.05) is 0 Å². The van der Waals surface area contributed by atoms with E-state index < -0.39 is 5.82 Å². The number of hydrogen-bond donors (Lipinski definition) is 1. The number of piperazine rings is 1. The lowest BCUT2D eigenvalue weighted by Gasteiger charge is -2.33. The molecule has 2 heterocycles. The van der Waals surface area contributed by atoms with Crippen molar-refractivity contribution in [2.45, 2.75) is 0 Å². The average molecular weight is 249 g/mol. The van der Waals surface area contributed by atoms with E-state index in [1.165, 1.54) is 6.07 Å². The first kappa shape index (κ1) is 12.6. The molecule has 0 radical (unpaired) electrons. The molecule has 0 spiro atoms. The molecule has 2 rings (SSSR count). The number of nitrogens with one attached hydrogen (secondary N) is 1. The van der Waals surface area contributed by atoms with Crippen molar-refractivity contribution in [1.82, 2.24) is 9.88 Å². The van der Waals surface area contributed by atoms with Crippen molar-refractivity contribution in [3.05, 3.63) is 17.4 Å². The summed E-state index contributed by atoms with van der Waals surface area (Å²) >= 11 is 0. The van der Waals surface area contributed by atoms with Crippen molar-refractivity contribution in [1.29, 1.82) is 5.26 Å². The van der Waals surface area contributed by atoms with Gasteiger partial charge < -0.3 is 15.1 Å². The molecular weight excluding hydrogens is 233 g/mol. The molecule has 96 valence electrons. The highest BCUT2D eigenvalue weighted by Crippen LogP contribution is 2.23. The average Bonchev–Trinajstić information content (AvgIpc) is 2.39. The number of hydrogen-bond acceptors (Lipinski definition) is 5. The molecule has 1 aliphatic rings. The van der Waals surface area contributed by atoms with Gasteiger partial charge in [0.15, 0.2) is 11.6 Å². The maximum Gasteiger partial charge on any atom is 0.166 e. The largest absolute Gasteiger partial charge is 0.371 e. The maximum absolute atomic E-state index is 13.5. The summed E-state index contributed by atoms with van der Waals surface area (Å²) in [6.07, 6.45) is 0. The summed E-state index contributed by atoms with van der Waals surface area (Å²) in [5.74, 6) is 0.256. The molecule has 6 heteroatoms. The summed E-state index contributed by atoms with van der Waals surface area (Å²) in [5.41, 5.74) is 0.288. The molecule has 1 saturated heterocycles. The molecule has 1 aliphatic heterocycles. The normalized spacial score (nSPS) is 16.4. The van der Waals surface area contributed by atoms with E-state index in [1.54, 1.807) is 7.05 Å². The summed E-state index contributed by atoms with van der Waals surface area (Å²) in [6, 6.07) is 3.25. The van der Waals surface area contributed by atoms with Crippen molar-refractivity contribution in [2.24, 2.45) is 0 Å². The van der Waals surface area contributed by atoms with Crippen LogP contribution in [0.4, 0.5) is 16.0 Å². The van der Waals surface area contributed by atoms with Crippen LogP contribution in [-0.4, -0.2) is 50.2 Å². The van der Waals surface area contributed by atoms with Gasteiger partial charge in [0, 0.05) is 33.2 Å². The van der Waals surface area contributed by atoms with Crippen molar-refractivity contribution in [2.75, 3.05) is 50.5 Å². The predicted octanol–water partition coefficient (Wildman–Crippen LogP) is 0.886.